The Kier molecular flexibility index (Phi) is 7.84. The summed E-state index contributed by atoms with van der Waals surface area (Å²) in [7, 11) is 0. The van der Waals surface area contributed by atoms with Gasteiger partial charge in [0.25, 0.3) is 5.91 Å². The van der Waals surface area contributed by atoms with E-state index in [4.69, 9.17) is 0 Å². The van der Waals surface area contributed by atoms with Crippen molar-refractivity contribution in [2.45, 2.75) is 39.3 Å². The summed E-state index contributed by atoms with van der Waals surface area (Å²) in [5.74, 6) is -0.477. The van der Waals surface area contributed by atoms with Gasteiger partial charge in [0.2, 0.25) is 5.91 Å². The lowest BCUT2D eigenvalue weighted by molar-refractivity contribution is -0.118. The molecule has 0 unspecified atom stereocenters. The van der Waals surface area contributed by atoms with E-state index in [0.717, 1.165) is 17.8 Å². The second-order valence-corrected chi connectivity index (χ2v) is 8.56. The van der Waals surface area contributed by atoms with Gasteiger partial charge in [-0.2, -0.15) is 0 Å². The largest absolute Gasteiger partial charge is 0.369 e. The second kappa shape index (κ2) is 10.8. The first-order valence-corrected chi connectivity index (χ1v) is 11.4. The summed E-state index contributed by atoms with van der Waals surface area (Å²) in [5, 5.41) is 7.70. The molecule has 3 aromatic rings. The number of hydrogen-bond donors (Lipinski definition) is 2. The molecule has 1 atom stereocenters. The van der Waals surface area contributed by atoms with Crippen molar-refractivity contribution < 1.29 is 9.59 Å². The third-order valence-electron chi connectivity index (χ3n) is 5.08. The first kappa shape index (κ1) is 22.6. The summed E-state index contributed by atoms with van der Waals surface area (Å²) < 4.78 is 0. The molecule has 6 heteroatoms. The Balaban J connectivity index is 1.73. The molecule has 0 aliphatic rings. The van der Waals surface area contributed by atoms with Crippen molar-refractivity contribution >= 4 is 34.5 Å². The Morgan fingerprint density at radius 3 is 2.26 bits per heavy atom. The second-order valence-electron chi connectivity index (χ2n) is 7.61. The fourth-order valence-corrected chi connectivity index (χ4v) is 4.13. The van der Waals surface area contributed by atoms with Crippen LogP contribution in [0.15, 0.2) is 72.1 Å². The number of carbonyl (C=O) groups is 2. The summed E-state index contributed by atoms with van der Waals surface area (Å²) in [4.78, 5) is 28.5. The number of benzene rings is 2. The lowest BCUT2D eigenvalue weighted by atomic mass is 10.0. The molecule has 0 saturated heterocycles. The molecule has 0 bridgehead atoms. The van der Waals surface area contributed by atoms with Crippen LogP contribution in [0.4, 0.5) is 11.4 Å². The molecule has 0 aliphatic heterocycles. The molecule has 0 radical (unpaired) electrons. The van der Waals surface area contributed by atoms with Gasteiger partial charge < -0.3 is 15.5 Å². The van der Waals surface area contributed by atoms with Gasteiger partial charge in [-0.25, -0.2) is 0 Å². The average molecular weight is 436 g/mol. The molecule has 1 heterocycles. The Hall–Kier alpha value is -3.12. The van der Waals surface area contributed by atoms with Crippen LogP contribution >= 0.6 is 11.3 Å². The third kappa shape index (κ3) is 6.18. The minimum Gasteiger partial charge on any atom is -0.369 e. The molecule has 3 rings (SSSR count). The van der Waals surface area contributed by atoms with E-state index < -0.39 is 6.04 Å². The maximum Gasteiger partial charge on any atom is 0.262 e. The van der Waals surface area contributed by atoms with Crippen molar-refractivity contribution in [2.75, 3.05) is 16.8 Å². The number of amides is 2. The first-order chi connectivity index (χ1) is 15.0. The highest BCUT2D eigenvalue weighted by Gasteiger charge is 2.22. The SMILES string of the molecule is CCN(c1ccc(NC(=O)[C@H](Cc2ccccc2)NC(=O)c2cccs2)cc1)C(C)C. The first-order valence-electron chi connectivity index (χ1n) is 10.5. The van der Waals surface area contributed by atoms with Crippen LogP contribution in [0.25, 0.3) is 0 Å². The van der Waals surface area contributed by atoms with Crippen LogP contribution in [0.2, 0.25) is 0 Å². The lowest BCUT2D eigenvalue weighted by Gasteiger charge is -2.27. The van der Waals surface area contributed by atoms with E-state index in [9.17, 15) is 9.59 Å². The van der Waals surface area contributed by atoms with E-state index >= 15 is 0 Å². The van der Waals surface area contributed by atoms with Gasteiger partial charge in [0.1, 0.15) is 6.04 Å². The van der Waals surface area contributed by atoms with E-state index in [1.807, 2.05) is 66.0 Å². The van der Waals surface area contributed by atoms with Crippen LogP contribution in [0.1, 0.15) is 36.0 Å². The molecule has 0 aliphatic carbocycles. The van der Waals surface area contributed by atoms with Gasteiger partial charge >= 0.3 is 0 Å². The van der Waals surface area contributed by atoms with Crippen LogP contribution in [-0.4, -0.2) is 30.4 Å². The Morgan fingerprint density at radius 1 is 0.968 bits per heavy atom. The zero-order chi connectivity index (χ0) is 22.2. The quantitative estimate of drug-likeness (QED) is 0.499. The minimum absolute atomic E-state index is 0.238. The average Bonchev–Trinajstić information content (AvgIpc) is 3.30. The van der Waals surface area contributed by atoms with Gasteiger partial charge in [-0.3, -0.25) is 9.59 Å². The van der Waals surface area contributed by atoms with Crippen LogP contribution < -0.4 is 15.5 Å². The molecule has 0 saturated carbocycles. The number of thiophene rings is 1. The highest BCUT2D eigenvalue weighted by molar-refractivity contribution is 7.12. The predicted molar refractivity (Wildman–Crippen MR) is 129 cm³/mol. The fourth-order valence-electron chi connectivity index (χ4n) is 3.51. The van der Waals surface area contributed by atoms with Crippen molar-refractivity contribution in [1.29, 1.82) is 0 Å². The molecule has 2 amide bonds. The van der Waals surface area contributed by atoms with Gasteiger partial charge in [0, 0.05) is 30.4 Å². The summed E-state index contributed by atoms with van der Waals surface area (Å²) in [5.41, 5.74) is 2.80. The molecule has 31 heavy (non-hydrogen) atoms. The van der Waals surface area contributed by atoms with Crippen molar-refractivity contribution in [1.82, 2.24) is 5.32 Å². The van der Waals surface area contributed by atoms with E-state index in [-0.39, 0.29) is 11.8 Å². The summed E-state index contributed by atoms with van der Waals surface area (Å²) in [6, 6.07) is 20.8. The van der Waals surface area contributed by atoms with E-state index in [1.54, 1.807) is 6.07 Å². The smallest absolute Gasteiger partial charge is 0.262 e. The highest BCUT2D eigenvalue weighted by atomic mass is 32.1. The van der Waals surface area contributed by atoms with Crippen LogP contribution in [-0.2, 0) is 11.2 Å². The van der Waals surface area contributed by atoms with Crippen molar-refractivity contribution in [2.24, 2.45) is 0 Å². The minimum atomic E-state index is -0.681. The van der Waals surface area contributed by atoms with E-state index in [2.05, 4.69) is 36.3 Å². The van der Waals surface area contributed by atoms with Gasteiger partial charge in [0.05, 0.1) is 4.88 Å². The van der Waals surface area contributed by atoms with Crippen LogP contribution in [0.5, 0.6) is 0 Å². The van der Waals surface area contributed by atoms with Crippen molar-refractivity contribution in [3.05, 3.63) is 82.6 Å². The highest BCUT2D eigenvalue weighted by Crippen LogP contribution is 2.20. The maximum atomic E-state index is 13.1. The van der Waals surface area contributed by atoms with Crippen molar-refractivity contribution in [3.8, 4) is 0 Å². The Bertz CT molecular complexity index is 970. The molecule has 1 aromatic heterocycles. The molecule has 2 N–H and O–H groups in total. The third-order valence-corrected chi connectivity index (χ3v) is 5.95. The lowest BCUT2D eigenvalue weighted by Crippen LogP contribution is -2.45. The van der Waals surface area contributed by atoms with Gasteiger partial charge in [-0.1, -0.05) is 36.4 Å². The number of carbonyl (C=O) groups excluding carboxylic acids is 2. The standard InChI is InChI=1S/C25H29N3O2S/c1-4-28(18(2)3)21-14-12-20(13-15-21)26-24(29)22(17-19-9-6-5-7-10-19)27-25(30)23-11-8-16-31-23/h5-16,18,22H,4,17H2,1-3H3,(H,26,29)(H,27,30)/t22-/m0/s1. The zero-order valence-electron chi connectivity index (χ0n) is 18.2. The van der Waals surface area contributed by atoms with E-state index in [0.29, 0.717) is 23.0 Å². The summed E-state index contributed by atoms with van der Waals surface area (Å²) >= 11 is 1.36. The molecular formula is C25H29N3O2S. The number of anilines is 2. The fraction of sp³-hybridized carbons (Fsp3) is 0.280. The number of nitrogens with zero attached hydrogens (tertiary/aromatic N) is 1. The number of nitrogens with one attached hydrogen (secondary N) is 2. The topological polar surface area (TPSA) is 61.4 Å². The molecule has 162 valence electrons. The van der Waals surface area contributed by atoms with Crippen LogP contribution in [0.3, 0.4) is 0 Å². The Labute approximate surface area is 188 Å². The normalized spacial score (nSPS) is 11.7. The van der Waals surface area contributed by atoms with Crippen LogP contribution in [0, 0.1) is 0 Å². The van der Waals surface area contributed by atoms with Gasteiger partial charge in [-0.05, 0) is 62.0 Å². The zero-order valence-corrected chi connectivity index (χ0v) is 19.0. The number of hydrogen-bond acceptors (Lipinski definition) is 4. The molecule has 5 nitrogen and oxygen atoms in total. The molecule has 0 fully saturated rings. The molecule has 0 spiro atoms. The number of rotatable bonds is 9. The maximum absolute atomic E-state index is 13.1. The predicted octanol–water partition coefficient (Wildman–Crippen LogP) is 4.96. The molecular weight excluding hydrogens is 406 g/mol. The summed E-state index contributed by atoms with van der Waals surface area (Å²) in [6.45, 7) is 7.35. The van der Waals surface area contributed by atoms with E-state index in [1.165, 1.54) is 11.3 Å². The summed E-state index contributed by atoms with van der Waals surface area (Å²) in [6.07, 6.45) is 0.416. The monoisotopic (exact) mass is 435 g/mol. The van der Waals surface area contributed by atoms with Crippen molar-refractivity contribution in [3.63, 3.8) is 0 Å². The van der Waals surface area contributed by atoms with Gasteiger partial charge in [-0.15, -0.1) is 11.3 Å². The van der Waals surface area contributed by atoms with Gasteiger partial charge in [0.15, 0.2) is 0 Å². The Morgan fingerprint density at radius 2 is 1.68 bits per heavy atom. The molecule has 2 aromatic carbocycles.